The molecule has 42 heavy (non-hydrogen) atoms. The van der Waals surface area contributed by atoms with Gasteiger partial charge in [0.25, 0.3) is 0 Å². The van der Waals surface area contributed by atoms with Crippen molar-refractivity contribution >= 4 is 52.2 Å². The van der Waals surface area contributed by atoms with Gasteiger partial charge in [0.05, 0.1) is 18.2 Å². The first-order chi connectivity index (χ1) is 20.1. The van der Waals surface area contributed by atoms with Crippen molar-refractivity contribution < 1.29 is 23.8 Å². The number of benzene rings is 3. The van der Waals surface area contributed by atoms with E-state index in [0.717, 1.165) is 18.4 Å². The van der Waals surface area contributed by atoms with E-state index in [0.29, 0.717) is 46.4 Å². The number of ether oxygens (including phenoxy) is 1. The highest BCUT2D eigenvalue weighted by molar-refractivity contribution is 6.31. The van der Waals surface area contributed by atoms with Crippen LogP contribution in [0.4, 0.5) is 15.8 Å². The molecule has 0 bridgehead atoms. The summed E-state index contributed by atoms with van der Waals surface area (Å²) < 4.78 is 21.3. The van der Waals surface area contributed by atoms with Crippen molar-refractivity contribution in [1.82, 2.24) is 4.90 Å². The number of nitrogens with one attached hydrogen (secondary N) is 1. The Morgan fingerprint density at radius 3 is 2.74 bits per heavy atom. The fraction of sp³-hybridized carbons (Fsp3) is 0.323. The lowest BCUT2D eigenvalue weighted by atomic mass is 9.73. The van der Waals surface area contributed by atoms with Crippen molar-refractivity contribution in [1.29, 1.82) is 0 Å². The van der Waals surface area contributed by atoms with E-state index in [9.17, 15) is 14.7 Å². The Labute approximate surface area is 251 Å². The number of nitrogens with zero attached hydrogens (tertiary/aromatic N) is 2. The Kier molecular flexibility index (Phi) is 6.27. The van der Waals surface area contributed by atoms with Gasteiger partial charge in [-0.3, -0.25) is 14.7 Å². The number of aliphatic imine (C=N–C) groups is 1. The number of carbonyl (C=O) groups excluding carboxylic acids is 1. The molecular formula is C31H27Cl2FN4O4. The molecule has 4 aliphatic rings. The maximum atomic E-state index is 16.0. The molecule has 216 valence electrons. The molecule has 1 aliphatic carbocycles. The molecule has 2 fully saturated rings. The Hall–Kier alpha value is -3.66. The number of halogens is 3. The van der Waals surface area contributed by atoms with Crippen LogP contribution < -0.4 is 15.8 Å². The van der Waals surface area contributed by atoms with Crippen molar-refractivity contribution in [3.05, 3.63) is 86.6 Å². The standard InChI is InChI=1S/C31H27Cl2FN4O4/c1-42-25-11-17(21(35)10-18(25)29(39)40)22-12-24-28(36-22)26(16-3-2-4-20(33)27(16)34)31(38(24)13-14-5-6-14)19-8-7-15(32)9-23(19)37-30(31)41/h2-4,7-11,14,24,26,28H,5-6,12-13,35H2,1H3,(H,37,41)(H,39,40)/t24-,26-,28+,31+/m0/s1. The Morgan fingerprint density at radius 1 is 1.24 bits per heavy atom. The van der Waals surface area contributed by atoms with Crippen LogP contribution in [0, 0.1) is 11.7 Å². The summed E-state index contributed by atoms with van der Waals surface area (Å²) in [5.41, 5.74) is 8.18. The summed E-state index contributed by atoms with van der Waals surface area (Å²) in [6.07, 6.45) is 2.52. The fourth-order valence-electron chi connectivity index (χ4n) is 7.19. The van der Waals surface area contributed by atoms with Gasteiger partial charge in [-0.1, -0.05) is 41.4 Å². The van der Waals surface area contributed by atoms with Gasteiger partial charge in [0.1, 0.15) is 22.7 Å². The third kappa shape index (κ3) is 3.87. The predicted molar refractivity (Wildman–Crippen MR) is 158 cm³/mol. The van der Waals surface area contributed by atoms with Crippen LogP contribution in [0.5, 0.6) is 5.75 Å². The lowest BCUT2D eigenvalue weighted by Gasteiger charge is -2.40. The Balaban J connectivity index is 1.45. The number of carbonyl (C=O) groups is 2. The maximum absolute atomic E-state index is 16.0. The van der Waals surface area contributed by atoms with Gasteiger partial charge in [-0.15, -0.1) is 0 Å². The van der Waals surface area contributed by atoms with Crippen molar-refractivity contribution in [2.24, 2.45) is 10.9 Å². The minimum absolute atomic E-state index is 0.0324. The van der Waals surface area contributed by atoms with Crippen LogP contribution in [0.25, 0.3) is 0 Å². The van der Waals surface area contributed by atoms with Gasteiger partial charge in [-0.2, -0.15) is 0 Å². The molecular weight excluding hydrogens is 582 g/mol. The molecule has 8 nitrogen and oxygen atoms in total. The number of nitrogens with two attached hydrogens (primary N) is 1. The Bertz CT molecular complexity index is 1710. The van der Waals surface area contributed by atoms with Crippen LogP contribution >= 0.6 is 23.2 Å². The quantitative estimate of drug-likeness (QED) is 0.309. The zero-order chi connectivity index (χ0) is 29.5. The highest BCUT2D eigenvalue weighted by atomic mass is 35.5. The minimum Gasteiger partial charge on any atom is -0.496 e. The number of carboxylic acids is 1. The van der Waals surface area contributed by atoms with Crippen molar-refractivity contribution in [3.8, 4) is 5.75 Å². The average molecular weight is 609 g/mol. The molecule has 4 atom stereocenters. The number of aromatic carboxylic acids is 1. The third-order valence-corrected chi connectivity index (χ3v) is 9.64. The molecule has 3 aromatic carbocycles. The van der Waals surface area contributed by atoms with Gasteiger partial charge < -0.3 is 20.9 Å². The normalized spacial score (nSPS) is 26.2. The minimum atomic E-state index is -1.24. The molecule has 7 rings (SSSR count). The molecule has 4 N–H and O–H groups in total. The van der Waals surface area contributed by atoms with E-state index in [1.807, 2.05) is 6.07 Å². The van der Waals surface area contributed by atoms with Crippen LogP contribution in [-0.2, 0) is 10.3 Å². The van der Waals surface area contributed by atoms with E-state index in [-0.39, 0.29) is 34.0 Å². The monoisotopic (exact) mass is 608 g/mol. The number of carboxylic acid groups (broad SMARTS) is 1. The van der Waals surface area contributed by atoms with E-state index < -0.39 is 29.3 Å². The molecule has 1 spiro atoms. The van der Waals surface area contributed by atoms with Crippen LogP contribution in [0.2, 0.25) is 10.0 Å². The van der Waals surface area contributed by atoms with Crippen LogP contribution in [0.3, 0.4) is 0 Å². The molecule has 1 saturated heterocycles. The molecule has 0 unspecified atom stereocenters. The molecule has 3 aliphatic heterocycles. The largest absolute Gasteiger partial charge is 0.496 e. The van der Waals surface area contributed by atoms with E-state index in [1.54, 1.807) is 30.3 Å². The first-order valence-electron chi connectivity index (χ1n) is 13.7. The molecule has 1 amide bonds. The summed E-state index contributed by atoms with van der Waals surface area (Å²) in [6.45, 7) is 0.634. The van der Waals surface area contributed by atoms with E-state index in [4.69, 9.17) is 38.7 Å². The fourth-order valence-corrected chi connectivity index (χ4v) is 7.55. The van der Waals surface area contributed by atoms with Crippen LogP contribution in [0.1, 0.15) is 52.2 Å². The number of amides is 1. The number of methoxy groups -OCH3 is 1. The predicted octanol–water partition coefficient (Wildman–Crippen LogP) is 5.71. The van der Waals surface area contributed by atoms with E-state index >= 15 is 4.39 Å². The summed E-state index contributed by atoms with van der Waals surface area (Å²) in [4.78, 5) is 33.4. The summed E-state index contributed by atoms with van der Waals surface area (Å²) in [6, 6.07) is 12.4. The van der Waals surface area contributed by atoms with Gasteiger partial charge in [-0.25, -0.2) is 9.18 Å². The summed E-state index contributed by atoms with van der Waals surface area (Å²) in [5.74, 6) is -2.14. The maximum Gasteiger partial charge on any atom is 0.339 e. The topological polar surface area (TPSA) is 117 Å². The average Bonchev–Trinajstić information content (AvgIpc) is 3.53. The zero-order valence-corrected chi connectivity index (χ0v) is 24.0. The first-order valence-corrected chi connectivity index (χ1v) is 14.5. The highest BCUT2D eigenvalue weighted by Gasteiger charge is 2.68. The number of nitrogen functional groups attached to an aromatic ring is 1. The van der Waals surface area contributed by atoms with Crippen LogP contribution in [-0.4, -0.2) is 53.3 Å². The number of likely N-dealkylation sites (tertiary alicyclic amines) is 1. The smallest absolute Gasteiger partial charge is 0.339 e. The van der Waals surface area contributed by atoms with Gasteiger partial charge in [-0.05, 0) is 54.7 Å². The second-order valence-corrected chi connectivity index (χ2v) is 12.3. The lowest BCUT2D eigenvalue weighted by Crippen LogP contribution is -2.53. The van der Waals surface area contributed by atoms with Gasteiger partial charge in [0.2, 0.25) is 5.91 Å². The zero-order valence-electron chi connectivity index (χ0n) is 22.5. The second-order valence-electron chi connectivity index (χ2n) is 11.4. The second kappa shape index (κ2) is 9.69. The van der Waals surface area contributed by atoms with E-state index in [2.05, 4.69) is 10.2 Å². The molecule has 3 aromatic rings. The van der Waals surface area contributed by atoms with Crippen molar-refractivity contribution in [2.45, 2.75) is 42.8 Å². The highest BCUT2D eigenvalue weighted by Crippen LogP contribution is 2.61. The van der Waals surface area contributed by atoms with E-state index in [1.165, 1.54) is 19.2 Å². The Morgan fingerprint density at radius 2 is 2.02 bits per heavy atom. The lowest BCUT2D eigenvalue weighted by molar-refractivity contribution is -0.128. The number of hydrogen-bond donors (Lipinski definition) is 3. The third-order valence-electron chi connectivity index (χ3n) is 9.11. The summed E-state index contributed by atoms with van der Waals surface area (Å²) >= 11 is 12.6. The first kappa shape index (κ1) is 27.2. The molecule has 3 heterocycles. The molecule has 1 saturated carbocycles. The van der Waals surface area contributed by atoms with Gasteiger partial charge in [0.15, 0.2) is 0 Å². The van der Waals surface area contributed by atoms with Gasteiger partial charge in [0, 0.05) is 58.2 Å². The van der Waals surface area contributed by atoms with Crippen LogP contribution in [0.15, 0.2) is 53.5 Å². The van der Waals surface area contributed by atoms with Crippen molar-refractivity contribution in [3.63, 3.8) is 0 Å². The number of anilines is 2. The molecule has 0 radical (unpaired) electrons. The number of fused-ring (bicyclic) bond motifs is 3. The summed E-state index contributed by atoms with van der Waals surface area (Å²) in [7, 11) is 1.40. The molecule has 0 aromatic heterocycles. The number of hydrogen-bond acceptors (Lipinski definition) is 6. The molecule has 11 heteroatoms. The SMILES string of the molecule is COc1cc(C2=N[C@@H]3[C@H](C2)N(CC2CC2)[C@@]2(C(=O)Nc4cc(Cl)ccc42)[C@H]3c2cccc(Cl)c2F)c(N)cc1C(=O)O. The van der Waals surface area contributed by atoms with Gasteiger partial charge >= 0.3 is 5.97 Å². The number of rotatable bonds is 6. The summed E-state index contributed by atoms with van der Waals surface area (Å²) in [5, 5.41) is 13.1. The van der Waals surface area contributed by atoms with Crippen molar-refractivity contribution in [2.75, 3.05) is 24.7 Å².